The molecule has 24 heavy (non-hydrogen) atoms. The monoisotopic (exact) mass is 360 g/mol. The van der Waals surface area contributed by atoms with Gasteiger partial charge in [-0.15, -0.1) is 11.6 Å². The summed E-state index contributed by atoms with van der Waals surface area (Å²) in [5, 5.41) is -0.657. The largest absolute Gasteiger partial charge is 0.223 e. The molecular weight excluding hydrogens is 340 g/mol. The maximum Gasteiger partial charge on any atom is 0.185 e. The van der Waals surface area contributed by atoms with Crippen LogP contribution in [0.5, 0.6) is 0 Å². The summed E-state index contributed by atoms with van der Waals surface area (Å²) in [5.74, 6) is 0.444. The molecule has 4 heteroatoms. The highest BCUT2D eigenvalue weighted by Crippen LogP contribution is 2.24. The SMILES string of the molecule is C=C(CCCl)CC(C=Cc1ccccc1)S(=O)(=O)c1ccccc1. The number of rotatable bonds is 8. The van der Waals surface area contributed by atoms with Crippen molar-refractivity contribution in [2.75, 3.05) is 5.88 Å². The van der Waals surface area contributed by atoms with Crippen molar-refractivity contribution in [2.24, 2.45) is 0 Å². The van der Waals surface area contributed by atoms with E-state index in [9.17, 15) is 8.42 Å². The van der Waals surface area contributed by atoms with Gasteiger partial charge in [-0.25, -0.2) is 8.42 Å². The van der Waals surface area contributed by atoms with E-state index in [2.05, 4.69) is 6.58 Å². The van der Waals surface area contributed by atoms with Gasteiger partial charge in [0.05, 0.1) is 10.1 Å². The molecule has 0 aliphatic rings. The number of allylic oxidation sites excluding steroid dienone is 1. The number of hydrogen-bond donors (Lipinski definition) is 0. The molecule has 0 fully saturated rings. The van der Waals surface area contributed by atoms with E-state index in [-0.39, 0.29) is 0 Å². The van der Waals surface area contributed by atoms with Crippen LogP contribution in [0.1, 0.15) is 18.4 Å². The van der Waals surface area contributed by atoms with Crippen molar-refractivity contribution in [3.63, 3.8) is 0 Å². The van der Waals surface area contributed by atoms with E-state index >= 15 is 0 Å². The Hall–Kier alpha value is -1.84. The Kier molecular flexibility index (Phi) is 6.83. The molecule has 2 nitrogen and oxygen atoms in total. The average molecular weight is 361 g/mol. The quantitative estimate of drug-likeness (QED) is 0.483. The first kappa shape index (κ1) is 18.5. The van der Waals surface area contributed by atoms with Crippen LogP contribution in [0.25, 0.3) is 6.08 Å². The van der Waals surface area contributed by atoms with Gasteiger partial charge in [-0.1, -0.05) is 72.8 Å². The molecule has 0 radical (unpaired) electrons. The second kappa shape index (κ2) is 8.86. The van der Waals surface area contributed by atoms with E-state index in [1.807, 2.05) is 36.4 Å². The first-order valence-corrected chi connectivity index (χ1v) is 9.87. The van der Waals surface area contributed by atoms with Crippen LogP contribution >= 0.6 is 11.6 Å². The molecule has 0 aliphatic heterocycles. The zero-order valence-electron chi connectivity index (χ0n) is 13.4. The van der Waals surface area contributed by atoms with Crippen LogP contribution in [0.4, 0.5) is 0 Å². The molecule has 0 N–H and O–H groups in total. The molecule has 0 saturated carbocycles. The predicted octanol–water partition coefficient (Wildman–Crippen LogP) is 5.12. The van der Waals surface area contributed by atoms with Crippen LogP contribution in [0.3, 0.4) is 0 Å². The van der Waals surface area contributed by atoms with Crippen LogP contribution in [0, 0.1) is 0 Å². The van der Waals surface area contributed by atoms with Crippen molar-refractivity contribution in [1.82, 2.24) is 0 Å². The van der Waals surface area contributed by atoms with Crippen LogP contribution < -0.4 is 0 Å². The fourth-order valence-corrected chi connectivity index (χ4v) is 4.26. The Balaban J connectivity index is 2.32. The molecule has 0 saturated heterocycles. The van der Waals surface area contributed by atoms with Crippen LogP contribution in [0.2, 0.25) is 0 Å². The minimum Gasteiger partial charge on any atom is -0.223 e. The smallest absolute Gasteiger partial charge is 0.185 e. The number of alkyl halides is 1. The highest BCUT2D eigenvalue weighted by Gasteiger charge is 2.25. The van der Waals surface area contributed by atoms with Gasteiger partial charge in [-0.05, 0) is 30.5 Å². The van der Waals surface area contributed by atoms with Crippen molar-refractivity contribution in [2.45, 2.75) is 23.0 Å². The fourth-order valence-electron chi connectivity index (χ4n) is 2.37. The van der Waals surface area contributed by atoms with E-state index in [1.54, 1.807) is 36.4 Å². The van der Waals surface area contributed by atoms with Crippen molar-refractivity contribution >= 4 is 27.5 Å². The zero-order chi connectivity index (χ0) is 17.4. The predicted molar refractivity (Wildman–Crippen MR) is 102 cm³/mol. The third-order valence-electron chi connectivity index (χ3n) is 3.71. The molecule has 0 heterocycles. The van der Waals surface area contributed by atoms with Gasteiger partial charge < -0.3 is 0 Å². The highest BCUT2D eigenvalue weighted by atomic mass is 35.5. The summed E-state index contributed by atoms with van der Waals surface area (Å²) in [4.78, 5) is 0.325. The van der Waals surface area contributed by atoms with Crippen molar-refractivity contribution < 1.29 is 8.42 Å². The van der Waals surface area contributed by atoms with Gasteiger partial charge in [-0.2, -0.15) is 0 Å². The fraction of sp³-hybridized carbons (Fsp3) is 0.200. The van der Waals surface area contributed by atoms with Gasteiger partial charge >= 0.3 is 0 Å². The Morgan fingerprint density at radius 1 is 1.04 bits per heavy atom. The first-order valence-electron chi connectivity index (χ1n) is 7.79. The van der Waals surface area contributed by atoms with Gasteiger partial charge in [0.15, 0.2) is 9.84 Å². The summed E-state index contributed by atoms with van der Waals surface area (Å²) >= 11 is 5.76. The molecule has 0 spiro atoms. The number of hydrogen-bond acceptors (Lipinski definition) is 2. The normalized spacial score (nSPS) is 13.0. The highest BCUT2D eigenvalue weighted by molar-refractivity contribution is 7.92. The van der Waals surface area contributed by atoms with Gasteiger partial charge in [0.1, 0.15) is 0 Å². The summed E-state index contributed by atoms with van der Waals surface area (Å²) in [5.41, 5.74) is 1.81. The summed E-state index contributed by atoms with van der Waals surface area (Å²) < 4.78 is 25.9. The Bertz CT molecular complexity index is 781. The van der Waals surface area contributed by atoms with Gasteiger partial charge in [0.25, 0.3) is 0 Å². The molecule has 1 atom stereocenters. The maximum atomic E-state index is 13.0. The molecule has 0 amide bonds. The van der Waals surface area contributed by atoms with E-state index in [0.717, 1.165) is 11.1 Å². The summed E-state index contributed by atoms with van der Waals surface area (Å²) in [6.07, 6.45) is 4.57. The number of sulfone groups is 1. The van der Waals surface area contributed by atoms with Gasteiger partial charge in [-0.3, -0.25) is 0 Å². The molecule has 2 rings (SSSR count). The average Bonchev–Trinajstić information content (AvgIpc) is 2.60. The summed E-state index contributed by atoms with van der Waals surface area (Å²) in [6.45, 7) is 3.96. The minimum absolute atomic E-state index is 0.325. The van der Waals surface area contributed by atoms with Gasteiger partial charge in [0.2, 0.25) is 0 Å². The maximum absolute atomic E-state index is 13.0. The van der Waals surface area contributed by atoms with Crippen LogP contribution in [0.15, 0.2) is 83.8 Å². The standard InChI is InChI=1S/C20H21ClO2S/c1-17(14-15-21)16-20(13-12-18-8-4-2-5-9-18)24(22,23)19-10-6-3-7-11-19/h2-13,20H,1,14-16H2. The zero-order valence-corrected chi connectivity index (χ0v) is 15.0. The minimum atomic E-state index is -3.48. The van der Waals surface area contributed by atoms with E-state index in [4.69, 9.17) is 11.6 Å². The lowest BCUT2D eigenvalue weighted by Gasteiger charge is -2.15. The molecule has 0 aromatic heterocycles. The number of halogens is 1. The molecule has 1 unspecified atom stereocenters. The lowest BCUT2D eigenvalue weighted by molar-refractivity contribution is 0.587. The molecule has 0 bridgehead atoms. The third kappa shape index (κ3) is 5.08. The summed E-state index contributed by atoms with van der Waals surface area (Å²) in [6, 6.07) is 18.2. The molecule has 0 aliphatic carbocycles. The molecule has 2 aromatic rings. The van der Waals surface area contributed by atoms with Gasteiger partial charge in [0, 0.05) is 5.88 Å². The molecule has 126 valence electrons. The van der Waals surface area contributed by atoms with E-state index in [0.29, 0.717) is 23.6 Å². The third-order valence-corrected chi connectivity index (χ3v) is 5.95. The second-order valence-corrected chi connectivity index (χ2v) is 8.10. The topological polar surface area (TPSA) is 34.1 Å². The lowest BCUT2D eigenvalue weighted by Crippen LogP contribution is -2.20. The first-order chi connectivity index (χ1) is 11.5. The van der Waals surface area contributed by atoms with E-state index in [1.165, 1.54) is 0 Å². The lowest BCUT2D eigenvalue weighted by atomic mass is 10.1. The summed E-state index contributed by atoms with van der Waals surface area (Å²) in [7, 11) is -3.48. The number of benzene rings is 2. The van der Waals surface area contributed by atoms with Crippen LogP contribution in [-0.4, -0.2) is 19.5 Å². The van der Waals surface area contributed by atoms with E-state index < -0.39 is 15.1 Å². The second-order valence-electron chi connectivity index (χ2n) is 5.56. The van der Waals surface area contributed by atoms with Crippen molar-refractivity contribution in [3.8, 4) is 0 Å². The Labute approximate surface area is 149 Å². The molecule has 2 aromatic carbocycles. The Morgan fingerprint density at radius 2 is 1.62 bits per heavy atom. The van der Waals surface area contributed by atoms with Crippen LogP contribution in [-0.2, 0) is 9.84 Å². The van der Waals surface area contributed by atoms with Crippen molar-refractivity contribution in [1.29, 1.82) is 0 Å². The molecular formula is C20H21ClO2S. The Morgan fingerprint density at radius 3 is 2.21 bits per heavy atom. The van der Waals surface area contributed by atoms with Crippen molar-refractivity contribution in [3.05, 3.63) is 84.5 Å².